The van der Waals surface area contributed by atoms with E-state index in [4.69, 9.17) is 25.8 Å². The van der Waals surface area contributed by atoms with E-state index in [-0.39, 0.29) is 11.4 Å². The first-order chi connectivity index (χ1) is 14.1. The topological polar surface area (TPSA) is 94.2 Å². The van der Waals surface area contributed by atoms with Crippen LogP contribution in [0.25, 0.3) is 0 Å². The van der Waals surface area contributed by atoms with Crippen LogP contribution in [-0.4, -0.2) is 48.5 Å². The molecule has 2 aromatic carbocycles. The molecule has 0 aliphatic carbocycles. The Morgan fingerprint density at radius 2 is 1.63 bits per heavy atom. The highest BCUT2D eigenvalue weighted by Gasteiger charge is 2.25. The van der Waals surface area contributed by atoms with E-state index in [0.29, 0.717) is 16.5 Å². The van der Waals surface area contributed by atoms with Crippen molar-refractivity contribution >= 4 is 33.2 Å². The predicted octanol–water partition coefficient (Wildman–Crippen LogP) is 3.01. The third-order valence-corrected chi connectivity index (χ3v) is 5.74. The van der Waals surface area contributed by atoms with Gasteiger partial charge in [-0.3, -0.25) is 9.10 Å². The Morgan fingerprint density at radius 3 is 2.20 bits per heavy atom. The van der Waals surface area contributed by atoms with E-state index in [1.807, 2.05) is 0 Å². The number of rotatable bonds is 9. The molecule has 0 radical (unpaired) electrons. The molecular formula is C20H25ClN2O6S. The molecule has 2 rings (SSSR count). The fraction of sp³-hybridized carbons (Fsp3) is 0.350. The Hall–Kier alpha value is -2.65. The standard InChI is InChI=1S/C20H25ClN2O6S/c1-13(14-6-8-18(28-3)19(10-14)29-4)22-20(24)12-23(30(5,25)26)16-11-15(21)7-9-17(16)27-2/h6-11,13H,12H2,1-5H3,(H,22,24)/t13-/m0/s1. The molecule has 0 fully saturated rings. The normalized spacial score (nSPS) is 12.1. The van der Waals surface area contributed by atoms with Gasteiger partial charge in [0.2, 0.25) is 15.9 Å². The maximum atomic E-state index is 12.7. The molecule has 0 aromatic heterocycles. The molecule has 0 heterocycles. The first-order valence-corrected chi connectivity index (χ1v) is 11.2. The number of sulfonamides is 1. The van der Waals surface area contributed by atoms with Crippen molar-refractivity contribution in [3.05, 3.63) is 47.0 Å². The zero-order chi connectivity index (χ0) is 22.5. The van der Waals surface area contributed by atoms with Crippen LogP contribution >= 0.6 is 11.6 Å². The Labute approximate surface area is 181 Å². The maximum absolute atomic E-state index is 12.7. The second-order valence-corrected chi connectivity index (χ2v) is 8.83. The van der Waals surface area contributed by atoms with E-state index in [2.05, 4.69) is 5.32 Å². The van der Waals surface area contributed by atoms with Gasteiger partial charge in [0.15, 0.2) is 11.5 Å². The van der Waals surface area contributed by atoms with Gasteiger partial charge in [0.25, 0.3) is 0 Å². The molecule has 0 spiro atoms. The monoisotopic (exact) mass is 456 g/mol. The van der Waals surface area contributed by atoms with E-state index in [0.717, 1.165) is 16.1 Å². The summed E-state index contributed by atoms with van der Waals surface area (Å²) in [4.78, 5) is 12.7. The van der Waals surface area contributed by atoms with Crippen LogP contribution in [0.15, 0.2) is 36.4 Å². The lowest BCUT2D eigenvalue weighted by atomic mass is 10.1. The second kappa shape index (κ2) is 9.90. The van der Waals surface area contributed by atoms with Gasteiger partial charge in [-0.25, -0.2) is 8.42 Å². The largest absolute Gasteiger partial charge is 0.495 e. The first-order valence-electron chi connectivity index (χ1n) is 8.93. The van der Waals surface area contributed by atoms with Gasteiger partial charge < -0.3 is 19.5 Å². The summed E-state index contributed by atoms with van der Waals surface area (Å²) in [5, 5.41) is 3.11. The van der Waals surface area contributed by atoms with Crippen LogP contribution in [-0.2, 0) is 14.8 Å². The summed E-state index contributed by atoms with van der Waals surface area (Å²) in [6.07, 6.45) is 1.01. The van der Waals surface area contributed by atoms with Gasteiger partial charge in [-0.1, -0.05) is 17.7 Å². The van der Waals surface area contributed by atoms with Gasteiger partial charge in [-0.15, -0.1) is 0 Å². The minimum atomic E-state index is -3.79. The number of amides is 1. The number of hydrogen-bond acceptors (Lipinski definition) is 6. The van der Waals surface area contributed by atoms with Crippen molar-refractivity contribution in [1.29, 1.82) is 0 Å². The molecule has 1 atom stereocenters. The Morgan fingerprint density at radius 1 is 1.03 bits per heavy atom. The highest BCUT2D eigenvalue weighted by Crippen LogP contribution is 2.33. The van der Waals surface area contributed by atoms with Gasteiger partial charge in [-0.05, 0) is 42.8 Å². The second-order valence-electron chi connectivity index (χ2n) is 6.49. The molecule has 0 saturated carbocycles. The first kappa shape index (κ1) is 23.6. The SMILES string of the molecule is COc1ccc([C@H](C)NC(=O)CN(c2cc(Cl)ccc2OC)S(C)(=O)=O)cc1OC. The summed E-state index contributed by atoms with van der Waals surface area (Å²) in [6, 6.07) is 9.42. The molecule has 0 unspecified atom stereocenters. The fourth-order valence-electron chi connectivity index (χ4n) is 2.86. The molecule has 8 nitrogen and oxygen atoms in total. The molecule has 10 heteroatoms. The molecule has 0 aliphatic rings. The number of methoxy groups -OCH3 is 3. The minimum Gasteiger partial charge on any atom is -0.495 e. The number of benzene rings is 2. The van der Waals surface area contributed by atoms with Crippen LogP contribution < -0.4 is 23.8 Å². The summed E-state index contributed by atoms with van der Waals surface area (Å²) in [5.74, 6) is 0.879. The van der Waals surface area contributed by atoms with Crippen molar-refractivity contribution in [3.63, 3.8) is 0 Å². The molecule has 164 valence electrons. The third-order valence-electron chi connectivity index (χ3n) is 4.38. The van der Waals surface area contributed by atoms with Crippen LogP contribution in [0.5, 0.6) is 17.2 Å². The third kappa shape index (κ3) is 5.70. The lowest BCUT2D eigenvalue weighted by Crippen LogP contribution is -2.41. The Bertz CT molecular complexity index is 1010. The highest BCUT2D eigenvalue weighted by molar-refractivity contribution is 7.92. The number of hydrogen-bond donors (Lipinski definition) is 1. The summed E-state index contributed by atoms with van der Waals surface area (Å²) in [6.45, 7) is 1.34. The average Bonchev–Trinajstić information content (AvgIpc) is 2.70. The van der Waals surface area contributed by atoms with Crippen molar-refractivity contribution in [1.82, 2.24) is 5.32 Å². The van der Waals surface area contributed by atoms with Gasteiger partial charge in [-0.2, -0.15) is 0 Å². The quantitative estimate of drug-likeness (QED) is 0.623. The van der Waals surface area contributed by atoms with Crippen LogP contribution in [0.1, 0.15) is 18.5 Å². The predicted molar refractivity (Wildman–Crippen MR) is 116 cm³/mol. The number of halogens is 1. The fourth-order valence-corrected chi connectivity index (χ4v) is 3.88. The molecule has 0 saturated heterocycles. The van der Waals surface area contributed by atoms with Gasteiger partial charge in [0.1, 0.15) is 12.3 Å². The highest BCUT2D eigenvalue weighted by atomic mass is 35.5. The lowest BCUT2D eigenvalue weighted by Gasteiger charge is -2.25. The number of carbonyl (C=O) groups excluding carboxylic acids is 1. The van der Waals surface area contributed by atoms with Crippen molar-refractivity contribution in [2.45, 2.75) is 13.0 Å². The van der Waals surface area contributed by atoms with Gasteiger partial charge >= 0.3 is 0 Å². The zero-order valence-electron chi connectivity index (χ0n) is 17.4. The zero-order valence-corrected chi connectivity index (χ0v) is 19.0. The molecule has 1 N–H and O–H groups in total. The van der Waals surface area contributed by atoms with Gasteiger partial charge in [0.05, 0.1) is 39.3 Å². The molecule has 0 aliphatic heterocycles. The van der Waals surface area contributed by atoms with E-state index in [9.17, 15) is 13.2 Å². The summed E-state index contributed by atoms with van der Waals surface area (Å²) in [5.41, 5.74) is 0.952. The molecule has 30 heavy (non-hydrogen) atoms. The van der Waals surface area contributed by atoms with Crippen LogP contribution in [0, 0.1) is 0 Å². The van der Waals surface area contributed by atoms with Crippen molar-refractivity contribution in [2.75, 3.05) is 38.4 Å². The van der Waals surface area contributed by atoms with Gasteiger partial charge in [0, 0.05) is 5.02 Å². The van der Waals surface area contributed by atoms with E-state index in [1.54, 1.807) is 37.3 Å². The molecule has 0 bridgehead atoms. The smallest absolute Gasteiger partial charge is 0.241 e. The van der Waals surface area contributed by atoms with Crippen LogP contribution in [0.2, 0.25) is 5.02 Å². The van der Waals surface area contributed by atoms with E-state index in [1.165, 1.54) is 27.4 Å². The Balaban J connectivity index is 2.24. The number of nitrogens with zero attached hydrogens (tertiary/aromatic N) is 1. The Kier molecular flexibility index (Phi) is 7.80. The number of ether oxygens (including phenoxy) is 3. The summed E-state index contributed by atoms with van der Waals surface area (Å²) < 4.78 is 41.4. The van der Waals surface area contributed by atoms with Crippen molar-refractivity contribution in [3.8, 4) is 17.2 Å². The molecular weight excluding hydrogens is 432 g/mol. The summed E-state index contributed by atoms with van der Waals surface area (Å²) >= 11 is 6.02. The molecule has 1 amide bonds. The van der Waals surface area contributed by atoms with Crippen LogP contribution in [0.3, 0.4) is 0 Å². The molecule has 2 aromatic rings. The average molecular weight is 457 g/mol. The number of nitrogens with one attached hydrogen (secondary N) is 1. The minimum absolute atomic E-state index is 0.182. The van der Waals surface area contributed by atoms with Crippen molar-refractivity contribution < 1.29 is 27.4 Å². The number of carbonyl (C=O) groups is 1. The lowest BCUT2D eigenvalue weighted by molar-refractivity contribution is -0.120. The van der Waals surface area contributed by atoms with Crippen LogP contribution in [0.4, 0.5) is 5.69 Å². The summed E-state index contributed by atoms with van der Waals surface area (Å²) in [7, 11) is 0.679. The van der Waals surface area contributed by atoms with Crippen molar-refractivity contribution in [2.24, 2.45) is 0 Å². The van der Waals surface area contributed by atoms with E-state index < -0.39 is 28.5 Å². The maximum Gasteiger partial charge on any atom is 0.241 e. The number of anilines is 1. The van der Waals surface area contributed by atoms with E-state index >= 15 is 0 Å².